The maximum absolute atomic E-state index is 13.1. The van der Waals surface area contributed by atoms with Gasteiger partial charge in [0.2, 0.25) is 0 Å². The first-order valence-electron chi connectivity index (χ1n) is 39.9. The Morgan fingerprint density at radius 3 is 0.776 bits per heavy atom. The molecule has 0 aliphatic carbocycles. The Bertz CT molecular complexity index is 2050. The summed E-state index contributed by atoms with van der Waals surface area (Å²) < 4.78 is 68.6. The summed E-state index contributed by atoms with van der Waals surface area (Å²) in [5.41, 5.74) is 0. The van der Waals surface area contributed by atoms with Crippen LogP contribution in [0.1, 0.15) is 374 Å². The Morgan fingerprint density at radius 1 is 0.286 bits per heavy atom. The molecule has 2 unspecified atom stereocenters. The number of hydrogen-bond acceptors (Lipinski definition) is 15. The molecule has 0 radical (unpaired) electrons. The maximum atomic E-state index is 13.1. The molecule has 0 saturated heterocycles. The molecule has 19 heteroatoms. The number of esters is 4. The zero-order chi connectivity index (χ0) is 71.8. The predicted molar refractivity (Wildman–Crippen MR) is 400 cm³/mol. The average Bonchev–Trinajstić information content (AvgIpc) is 1.04. The van der Waals surface area contributed by atoms with Gasteiger partial charge < -0.3 is 33.8 Å². The first kappa shape index (κ1) is 95.0. The number of phosphoric acid groups is 2. The monoisotopic (exact) mass is 1430 g/mol. The third-order valence-corrected chi connectivity index (χ3v) is 19.2. The molecule has 0 amide bonds. The number of unbranched alkanes of at least 4 members (excludes halogenated alkanes) is 43. The van der Waals surface area contributed by atoms with Gasteiger partial charge in [0.15, 0.2) is 12.2 Å². The summed E-state index contributed by atoms with van der Waals surface area (Å²) in [6, 6.07) is 0. The van der Waals surface area contributed by atoms with Crippen molar-refractivity contribution in [3.05, 3.63) is 48.6 Å². The molecular weight excluding hydrogens is 1280 g/mol. The lowest BCUT2D eigenvalue weighted by Gasteiger charge is -2.21. The van der Waals surface area contributed by atoms with E-state index in [9.17, 15) is 43.2 Å². The lowest BCUT2D eigenvalue weighted by molar-refractivity contribution is -0.161. The molecule has 0 bridgehead atoms. The number of phosphoric ester groups is 2. The molecule has 0 heterocycles. The number of carbonyl (C=O) groups is 4. The molecule has 0 rings (SSSR count). The SMILES string of the molecule is CCCCCC/C=C\C=C/CCCCCCCC(=O)O[C@H](COC(=O)CCCCCCC/C=C\CCCCCCCC)COP(=O)(O)OC[C@H](O)COP(=O)(O)OC[C@@H](COC(=O)CCCCCCCCCCCCCCC)OC(=O)CCCCCCC/C=C\CCCCCCCC. The zero-order valence-corrected chi connectivity index (χ0v) is 64.5. The molecule has 0 aliphatic rings. The van der Waals surface area contributed by atoms with Gasteiger partial charge >= 0.3 is 39.5 Å². The molecule has 574 valence electrons. The first-order valence-corrected chi connectivity index (χ1v) is 42.9. The van der Waals surface area contributed by atoms with Gasteiger partial charge in [0, 0.05) is 25.7 Å². The van der Waals surface area contributed by atoms with Crippen molar-refractivity contribution in [1.82, 2.24) is 0 Å². The van der Waals surface area contributed by atoms with Crippen LogP contribution in [0.15, 0.2) is 48.6 Å². The van der Waals surface area contributed by atoms with Crippen molar-refractivity contribution in [3.8, 4) is 0 Å². The zero-order valence-electron chi connectivity index (χ0n) is 62.7. The summed E-state index contributed by atoms with van der Waals surface area (Å²) in [7, 11) is -9.94. The molecule has 17 nitrogen and oxygen atoms in total. The van der Waals surface area contributed by atoms with Crippen LogP contribution in [0.3, 0.4) is 0 Å². The minimum Gasteiger partial charge on any atom is -0.462 e. The van der Waals surface area contributed by atoms with Crippen molar-refractivity contribution in [1.29, 1.82) is 0 Å². The molecule has 0 aromatic heterocycles. The Hall–Kier alpha value is -2.98. The highest BCUT2D eigenvalue weighted by atomic mass is 31.2. The summed E-state index contributed by atoms with van der Waals surface area (Å²) in [4.78, 5) is 72.9. The van der Waals surface area contributed by atoms with E-state index >= 15 is 0 Å². The Kier molecular flexibility index (Phi) is 70.2. The number of hydrogen-bond donors (Lipinski definition) is 3. The van der Waals surface area contributed by atoms with Crippen molar-refractivity contribution in [3.63, 3.8) is 0 Å². The van der Waals surface area contributed by atoms with Gasteiger partial charge in [-0.05, 0) is 103 Å². The highest BCUT2D eigenvalue weighted by Gasteiger charge is 2.30. The van der Waals surface area contributed by atoms with Gasteiger partial charge in [0.25, 0.3) is 0 Å². The van der Waals surface area contributed by atoms with Crippen molar-refractivity contribution >= 4 is 39.5 Å². The predicted octanol–water partition coefficient (Wildman–Crippen LogP) is 22.9. The van der Waals surface area contributed by atoms with Crippen LogP contribution in [0.5, 0.6) is 0 Å². The fourth-order valence-electron chi connectivity index (χ4n) is 11.1. The molecular formula is C79H146O17P2. The van der Waals surface area contributed by atoms with Crippen LogP contribution in [-0.2, 0) is 65.4 Å². The van der Waals surface area contributed by atoms with Crippen molar-refractivity contribution in [2.24, 2.45) is 0 Å². The number of aliphatic hydroxyl groups excluding tert-OH is 1. The van der Waals surface area contributed by atoms with Crippen LogP contribution in [0, 0.1) is 0 Å². The van der Waals surface area contributed by atoms with Gasteiger partial charge in [-0.1, -0.05) is 295 Å². The van der Waals surface area contributed by atoms with Gasteiger partial charge in [0.1, 0.15) is 19.3 Å². The second kappa shape index (κ2) is 72.4. The molecule has 0 fully saturated rings. The van der Waals surface area contributed by atoms with Crippen molar-refractivity contribution < 1.29 is 80.2 Å². The van der Waals surface area contributed by atoms with Gasteiger partial charge in [-0.2, -0.15) is 0 Å². The van der Waals surface area contributed by atoms with Gasteiger partial charge in [-0.3, -0.25) is 37.3 Å². The number of allylic oxidation sites excluding steroid dienone is 8. The van der Waals surface area contributed by atoms with Gasteiger partial charge in [-0.15, -0.1) is 0 Å². The fraction of sp³-hybridized carbons (Fsp3) is 0.848. The maximum Gasteiger partial charge on any atom is 0.472 e. The van der Waals surface area contributed by atoms with Crippen molar-refractivity contribution in [2.75, 3.05) is 39.6 Å². The summed E-state index contributed by atoms with van der Waals surface area (Å²) in [5.74, 6) is -2.17. The normalized spacial score (nSPS) is 14.2. The third kappa shape index (κ3) is 71.4. The highest BCUT2D eigenvalue weighted by Crippen LogP contribution is 2.45. The minimum absolute atomic E-state index is 0.0806. The lowest BCUT2D eigenvalue weighted by Crippen LogP contribution is -2.30. The van der Waals surface area contributed by atoms with E-state index < -0.39 is 97.5 Å². The van der Waals surface area contributed by atoms with Gasteiger partial charge in [0.05, 0.1) is 26.4 Å². The van der Waals surface area contributed by atoms with Gasteiger partial charge in [-0.25, -0.2) is 9.13 Å². The summed E-state index contributed by atoms with van der Waals surface area (Å²) in [6.07, 6.45) is 69.4. The van der Waals surface area contributed by atoms with E-state index in [0.717, 1.165) is 135 Å². The van der Waals surface area contributed by atoms with Crippen LogP contribution >= 0.6 is 15.6 Å². The molecule has 0 saturated carbocycles. The van der Waals surface area contributed by atoms with E-state index in [1.165, 1.54) is 161 Å². The summed E-state index contributed by atoms with van der Waals surface area (Å²) in [6.45, 7) is 4.88. The number of carbonyl (C=O) groups excluding carboxylic acids is 4. The molecule has 0 aliphatic heterocycles. The fourth-order valence-corrected chi connectivity index (χ4v) is 12.7. The second-order valence-electron chi connectivity index (χ2n) is 27.0. The van der Waals surface area contributed by atoms with E-state index in [2.05, 4.69) is 76.3 Å². The molecule has 3 N–H and O–H groups in total. The standard InChI is InChI=1S/C79H146O17P2/c1-5-9-13-17-21-25-29-33-36-40-44-48-52-56-60-64-77(82)90-70-75(96-79(84)66-62-58-54-50-46-42-38-35-31-27-23-19-15-11-7-3)72-94-98(87,88)92-68-73(80)67-91-97(85,86)93-71-74(69-89-76(81)63-59-55-51-47-43-39-32-28-24-20-16-12-8-4)95-78(83)65-61-57-53-49-45-41-37-34-30-26-22-18-14-10-6-2/h27,31,33-38,73-75,80H,5-26,28-30,32,39-72H2,1-4H3,(H,85,86)(H,87,88)/b31-27-,36-33-,37-34-,38-35-/t73-,74-,75-/m1/s1. The lowest BCUT2D eigenvalue weighted by atomic mass is 10.0. The number of rotatable bonds is 76. The van der Waals surface area contributed by atoms with Crippen LogP contribution < -0.4 is 0 Å². The van der Waals surface area contributed by atoms with Crippen LogP contribution in [0.25, 0.3) is 0 Å². The smallest absolute Gasteiger partial charge is 0.462 e. The van der Waals surface area contributed by atoms with Crippen molar-refractivity contribution in [2.45, 2.75) is 393 Å². The first-order chi connectivity index (χ1) is 47.7. The molecule has 0 aromatic rings. The molecule has 5 atom stereocenters. The average molecular weight is 1430 g/mol. The minimum atomic E-state index is -4.97. The summed E-state index contributed by atoms with van der Waals surface area (Å²) in [5, 5.41) is 10.6. The highest BCUT2D eigenvalue weighted by molar-refractivity contribution is 7.47. The van der Waals surface area contributed by atoms with E-state index in [1.807, 2.05) is 0 Å². The topological polar surface area (TPSA) is 237 Å². The Balaban J connectivity index is 5.34. The van der Waals surface area contributed by atoms with E-state index in [0.29, 0.717) is 25.7 Å². The molecule has 98 heavy (non-hydrogen) atoms. The Labute approximate surface area is 597 Å². The molecule has 0 spiro atoms. The number of ether oxygens (including phenoxy) is 4. The van der Waals surface area contributed by atoms with Crippen LogP contribution in [-0.4, -0.2) is 96.7 Å². The quantitative estimate of drug-likeness (QED) is 0.0128. The Morgan fingerprint density at radius 2 is 0.500 bits per heavy atom. The molecule has 0 aromatic carbocycles. The third-order valence-electron chi connectivity index (χ3n) is 17.3. The number of aliphatic hydroxyl groups is 1. The second-order valence-corrected chi connectivity index (χ2v) is 29.9. The summed E-state index contributed by atoms with van der Waals surface area (Å²) >= 11 is 0. The van der Waals surface area contributed by atoms with E-state index in [1.54, 1.807) is 0 Å². The van der Waals surface area contributed by atoms with E-state index in [4.69, 9.17) is 37.0 Å². The van der Waals surface area contributed by atoms with Crippen LogP contribution in [0.2, 0.25) is 0 Å². The van der Waals surface area contributed by atoms with E-state index in [-0.39, 0.29) is 25.7 Å². The largest absolute Gasteiger partial charge is 0.472 e. The van der Waals surface area contributed by atoms with Crippen LogP contribution in [0.4, 0.5) is 0 Å².